The summed E-state index contributed by atoms with van der Waals surface area (Å²) in [6.45, 7) is 4.03. The summed E-state index contributed by atoms with van der Waals surface area (Å²) in [5.41, 5.74) is 9.97. The molecule has 4 rings (SSSR count). The lowest BCUT2D eigenvalue weighted by Gasteiger charge is -2.35. The van der Waals surface area contributed by atoms with Crippen molar-refractivity contribution < 1.29 is 14.6 Å². The Bertz CT molecular complexity index is 1040. The van der Waals surface area contributed by atoms with E-state index in [-0.39, 0.29) is 24.2 Å². The highest BCUT2D eigenvalue weighted by Crippen LogP contribution is 2.38. The molecule has 6 nitrogen and oxygen atoms in total. The van der Waals surface area contributed by atoms with Gasteiger partial charge in [0.05, 0.1) is 7.11 Å². The summed E-state index contributed by atoms with van der Waals surface area (Å²) in [5, 5.41) is 11.2. The second-order valence-electron chi connectivity index (χ2n) is 7.39. The van der Waals surface area contributed by atoms with E-state index in [2.05, 4.69) is 17.9 Å². The molecule has 1 aliphatic heterocycles. The van der Waals surface area contributed by atoms with E-state index in [9.17, 15) is 9.90 Å². The standard InChI is InChI=1S/C22H25N3O3/c1-14-18-10-21(28-2)20(26)9-15(18)7-8-24(14)11-16-12-25(13-22(23)27)19-6-4-3-5-17(16)19/h3-6,9-10,12,14,26H,7-8,11,13H2,1-2H3,(H2,23,27). The van der Waals surface area contributed by atoms with E-state index < -0.39 is 0 Å². The highest BCUT2D eigenvalue weighted by atomic mass is 16.5. The van der Waals surface area contributed by atoms with Crippen LogP contribution in [-0.4, -0.2) is 34.1 Å². The van der Waals surface area contributed by atoms with E-state index in [1.54, 1.807) is 7.11 Å². The number of benzene rings is 2. The van der Waals surface area contributed by atoms with Gasteiger partial charge in [-0.25, -0.2) is 0 Å². The Hall–Kier alpha value is -2.99. The molecule has 0 bridgehead atoms. The highest BCUT2D eigenvalue weighted by molar-refractivity contribution is 5.85. The number of aromatic hydroxyl groups is 1. The third kappa shape index (κ3) is 3.20. The van der Waals surface area contributed by atoms with E-state index in [0.29, 0.717) is 5.75 Å². The lowest BCUT2D eigenvalue weighted by Crippen LogP contribution is -2.33. The minimum Gasteiger partial charge on any atom is -0.504 e. The number of amides is 1. The second-order valence-corrected chi connectivity index (χ2v) is 7.39. The van der Waals surface area contributed by atoms with E-state index in [1.165, 1.54) is 16.7 Å². The molecule has 1 atom stereocenters. The number of aromatic nitrogens is 1. The predicted octanol–water partition coefficient (Wildman–Crippen LogP) is 2.96. The minimum absolute atomic E-state index is 0.176. The smallest absolute Gasteiger partial charge is 0.237 e. The number of hydrogen-bond acceptors (Lipinski definition) is 4. The molecular formula is C22H25N3O3. The van der Waals surface area contributed by atoms with Gasteiger partial charge in [-0.2, -0.15) is 0 Å². The molecule has 146 valence electrons. The Labute approximate surface area is 164 Å². The molecule has 1 unspecified atom stereocenters. The summed E-state index contributed by atoms with van der Waals surface area (Å²) in [4.78, 5) is 13.9. The fourth-order valence-electron chi connectivity index (χ4n) is 4.23. The number of carbonyl (C=O) groups is 1. The average molecular weight is 379 g/mol. The maximum atomic E-state index is 11.4. The number of nitrogens with two attached hydrogens (primary N) is 1. The molecule has 6 heteroatoms. The molecule has 0 saturated heterocycles. The van der Waals surface area contributed by atoms with E-state index >= 15 is 0 Å². The number of para-hydroxylation sites is 1. The molecule has 3 aromatic rings. The first-order chi connectivity index (χ1) is 13.5. The van der Waals surface area contributed by atoms with Crippen LogP contribution in [0.25, 0.3) is 10.9 Å². The number of nitrogens with zero attached hydrogens (tertiary/aromatic N) is 2. The van der Waals surface area contributed by atoms with Gasteiger partial charge in [0, 0.05) is 36.2 Å². The van der Waals surface area contributed by atoms with Crippen LogP contribution in [0.5, 0.6) is 11.5 Å². The maximum absolute atomic E-state index is 11.4. The molecule has 0 fully saturated rings. The summed E-state index contributed by atoms with van der Waals surface area (Å²) >= 11 is 0. The van der Waals surface area contributed by atoms with Crippen molar-refractivity contribution in [3.05, 3.63) is 59.3 Å². The molecule has 28 heavy (non-hydrogen) atoms. The van der Waals surface area contributed by atoms with Gasteiger partial charge in [-0.1, -0.05) is 18.2 Å². The largest absolute Gasteiger partial charge is 0.504 e. The van der Waals surface area contributed by atoms with Crippen LogP contribution in [0.4, 0.5) is 0 Å². The first-order valence-corrected chi connectivity index (χ1v) is 9.46. The molecule has 2 aromatic carbocycles. The average Bonchev–Trinajstić information content (AvgIpc) is 3.01. The van der Waals surface area contributed by atoms with Crippen LogP contribution in [0.15, 0.2) is 42.6 Å². The molecule has 0 spiro atoms. The van der Waals surface area contributed by atoms with Crippen molar-refractivity contribution in [3.63, 3.8) is 0 Å². The second kappa shape index (κ2) is 7.20. The molecule has 1 aromatic heterocycles. The molecule has 3 N–H and O–H groups in total. The molecule has 2 heterocycles. The molecule has 0 aliphatic carbocycles. The van der Waals surface area contributed by atoms with Crippen LogP contribution in [0, 0.1) is 0 Å². The van der Waals surface area contributed by atoms with Gasteiger partial charge in [0.15, 0.2) is 11.5 Å². The summed E-state index contributed by atoms with van der Waals surface area (Å²) in [6.07, 6.45) is 2.91. The van der Waals surface area contributed by atoms with Crippen LogP contribution < -0.4 is 10.5 Å². The van der Waals surface area contributed by atoms with E-state index in [4.69, 9.17) is 10.5 Å². The number of hydrogen-bond donors (Lipinski definition) is 2. The van der Waals surface area contributed by atoms with Gasteiger partial charge in [0.1, 0.15) is 6.54 Å². The van der Waals surface area contributed by atoms with Gasteiger partial charge in [-0.3, -0.25) is 9.69 Å². The van der Waals surface area contributed by atoms with Crippen molar-refractivity contribution in [1.82, 2.24) is 9.47 Å². The number of methoxy groups -OCH3 is 1. The fraction of sp³-hybridized carbons (Fsp3) is 0.318. The minimum atomic E-state index is -0.348. The lowest BCUT2D eigenvalue weighted by molar-refractivity contribution is -0.118. The molecule has 1 amide bonds. The van der Waals surface area contributed by atoms with Crippen molar-refractivity contribution in [2.75, 3.05) is 13.7 Å². The van der Waals surface area contributed by atoms with Crippen molar-refractivity contribution in [2.45, 2.75) is 32.5 Å². The summed E-state index contributed by atoms with van der Waals surface area (Å²) in [6, 6.07) is 12.1. The van der Waals surface area contributed by atoms with E-state index in [1.807, 2.05) is 41.1 Å². The van der Waals surface area contributed by atoms with Crippen molar-refractivity contribution >= 4 is 16.8 Å². The lowest BCUT2D eigenvalue weighted by atomic mass is 9.92. The van der Waals surface area contributed by atoms with Crippen LogP contribution in [0.1, 0.15) is 29.7 Å². The Morgan fingerprint density at radius 2 is 2.11 bits per heavy atom. The van der Waals surface area contributed by atoms with Gasteiger partial charge in [-0.05, 0) is 48.2 Å². The summed E-state index contributed by atoms with van der Waals surface area (Å²) < 4.78 is 7.22. The van der Waals surface area contributed by atoms with Crippen LogP contribution in [0.2, 0.25) is 0 Å². The number of ether oxygens (including phenoxy) is 1. The first kappa shape index (κ1) is 18.4. The SMILES string of the molecule is COc1cc2c(cc1O)CCN(Cc1cn(CC(N)=O)c3ccccc13)C2C. The molecule has 1 aliphatic rings. The van der Waals surface area contributed by atoms with Gasteiger partial charge < -0.3 is 20.1 Å². The molecule has 0 saturated carbocycles. The molecular weight excluding hydrogens is 354 g/mol. The highest BCUT2D eigenvalue weighted by Gasteiger charge is 2.26. The maximum Gasteiger partial charge on any atom is 0.237 e. The number of phenols is 1. The number of carbonyl (C=O) groups excluding carboxylic acids is 1. The van der Waals surface area contributed by atoms with Crippen LogP contribution in [-0.2, 0) is 24.3 Å². The van der Waals surface area contributed by atoms with Crippen molar-refractivity contribution in [3.8, 4) is 11.5 Å². The zero-order chi connectivity index (χ0) is 19.8. The number of rotatable bonds is 5. The topological polar surface area (TPSA) is 80.7 Å². The Kier molecular flexibility index (Phi) is 4.73. The summed E-state index contributed by atoms with van der Waals surface area (Å²) in [5.74, 6) is 0.349. The predicted molar refractivity (Wildman–Crippen MR) is 108 cm³/mol. The van der Waals surface area contributed by atoms with Crippen molar-refractivity contribution in [1.29, 1.82) is 0 Å². The number of primary amides is 1. The Morgan fingerprint density at radius 1 is 1.32 bits per heavy atom. The Morgan fingerprint density at radius 3 is 2.86 bits per heavy atom. The summed E-state index contributed by atoms with van der Waals surface area (Å²) in [7, 11) is 1.57. The zero-order valence-corrected chi connectivity index (χ0v) is 16.2. The normalized spacial score (nSPS) is 16.9. The number of phenolic OH excluding ortho intramolecular Hbond substituents is 1. The zero-order valence-electron chi connectivity index (χ0n) is 16.2. The Balaban J connectivity index is 1.66. The monoisotopic (exact) mass is 379 g/mol. The van der Waals surface area contributed by atoms with Gasteiger partial charge >= 0.3 is 0 Å². The third-order valence-electron chi connectivity index (χ3n) is 5.68. The number of fused-ring (bicyclic) bond motifs is 2. The first-order valence-electron chi connectivity index (χ1n) is 9.46. The fourth-order valence-corrected chi connectivity index (χ4v) is 4.23. The van der Waals surface area contributed by atoms with E-state index in [0.717, 1.165) is 30.4 Å². The van der Waals surface area contributed by atoms with Crippen LogP contribution >= 0.6 is 0 Å². The van der Waals surface area contributed by atoms with Gasteiger partial charge in [0.25, 0.3) is 0 Å². The van der Waals surface area contributed by atoms with Crippen LogP contribution in [0.3, 0.4) is 0 Å². The molecule has 0 radical (unpaired) electrons. The quantitative estimate of drug-likeness (QED) is 0.714. The third-order valence-corrected chi connectivity index (χ3v) is 5.68. The van der Waals surface area contributed by atoms with Gasteiger partial charge in [-0.15, -0.1) is 0 Å². The van der Waals surface area contributed by atoms with Crippen molar-refractivity contribution in [2.24, 2.45) is 5.73 Å². The van der Waals surface area contributed by atoms with Gasteiger partial charge in [0.2, 0.25) is 5.91 Å².